The number of aryl methyl sites for hydroxylation is 2. The van der Waals surface area contributed by atoms with Gasteiger partial charge in [-0.1, -0.05) is 12.1 Å². The van der Waals surface area contributed by atoms with Gasteiger partial charge in [0.15, 0.2) is 0 Å². The molecule has 6 nitrogen and oxygen atoms in total. The predicted octanol–water partition coefficient (Wildman–Crippen LogP) is 4.08. The highest BCUT2D eigenvalue weighted by atomic mass is 16.5. The number of carbonyl (C=O) groups excluding carboxylic acids is 1. The fraction of sp³-hybridized carbons (Fsp3) is 0.348. The minimum absolute atomic E-state index is 0.0219. The normalized spacial score (nSPS) is 16.3. The van der Waals surface area contributed by atoms with Gasteiger partial charge >= 0.3 is 0 Å². The molecule has 4 rings (SSSR count). The van der Waals surface area contributed by atoms with Crippen molar-refractivity contribution in [2.24, 2.45) is 7.05 Å². The van der Waals surface area contributed by atoms with Crippen LogP contribution in [0.15, 0.2) is 42.6 Å². The van der Waals surface area contributed by atoms with E-state index in [4.69, 9.17) is 9.72 Å². The second kappa shape index (κ2) is 7.70. The van der Waals surface area contributed by atoms with E-state index in [0.717, 1.165) is 53.3 Å². The average molecular weight is 390 g/mol. The molecule has 3 aromatic rings. The Kier molecular flexibility index (Phi) is 5.09. The molecule has 1 aliphatic rings. The summed E-state index contributed by atoms with van der Waals surface area (Å²) in [4.78, 5) is 20.0. The Bertz CT molecular complexity index is 1060. The number of hydrogen-bond acceptors (Lipinski definition) is 4. The molecule has 0 saturated carbocycles. The predicted molar refractivity (Wildman–Crippen MR) is 112 cm³/mol. The lowest BCUT2D eigenvalue weighted by Gasteiger charge is -2.25. The van der Waals surface area contributed by atoms with Gasteiger partial charge in [-0.3, -0.25) is 14.5 Å². The molecule has 1 amide bonds. The minimum atomic E-state index is -0.0219. The molecule has 0 N–H and O–H groups in total. The van der Waals surface area contributed by atoms with Gasteiger partial charge in [0.05, 0.1) is 30.6 Å². The maximum absolute atomic E-state index is 13.2. The van der Waals surface area contributed by atoms with Crippen molar-refractivity contribution < 1.29 is 9.53 Å². The molecule has 0 unspecified atom stereocenters. The summed E-state index contributed by atoms with van der Waals surface area (Å²) in [6.45, 7) is 4.67. The molecule has 6 heteroatoms. The topological polar surface area (TPSA) is 60.2 Å². The van der Waals surface area contributed by atoms with Gasteiger partial charge in [-0.15, -0.1) is 0 Å². The van der Waals surface area contributed by atoms with E-state index in [9.17, 15) is 4.79 Å². The van der Waals surface area contributed by atoms with Crippen LogP contribution >= 0.6 is 0 Å². The van der Waals surface area contributed by atoms with Crippen molar-refractivity contribution in [1.82, 2.24) is 19.7 Å². The van der Waals surface area contributed by atoms with Crippen LogP contribution < -0.4 is 4.74 Å². The lowest BCUT2D eigenvalue weighted by Crippen LogP contribution is -2.31. The molecule has 0 bridgehead atoms. The van der Waals surface area contributed by atoms with E-state index in [1.165, 1.54) is 0 Å². The van der Waals surface area contributed by atoms with Gasteiger partial charge in [0.25, 0.3) is 5.91 Å². The molecule has 1 fully saturated rings. The molecular weight excluding hydrogens is 364 g/mol. The fourth-order valence-corrected chi connectivity index (χ4v) is 4.01. The summed E-state index contributed by atoms with van der Waals surface area (Å²) in [5.74, 6) is 0.854. The Morgan fingerprint density at radius 2 is 2.00 bits per heavy atom. The third-order valence-electron chi connectivity index (χ3n) is 5.70. The van der Waals surface area contributed by atoms with Crippen LogP contribution in [0.4, 0.5) is 0 Å². The molecule has 1 atom stereocenters. The van der Waals surface area contributed by atoms with Crippen molar-refractivity contribution in [3.8, 4) is 16.9 Å². The van der Waals surface area contributed by atoms with Crippen molar-refractivity contribution in [3.05, 3.63) is 65.2 Å². The number of ether oxygens (including phenoxy) is 1. The highest BCUT2D eigenvalue weighted by Crippen LogP contribution is 2.35. The smallest absolute Gasteiger partial charge is 0.257 e. The van der Waals surface area contributed by atoms with E-state index < -0.39 is 0 Å². The number of amides is 1. The van der Waals surface area contributed by atoms with Crippen molar-refractivity contribution in [3.63, 3.8) is 0 Å². The fourth-order valence-electron chi connectivity index (χ4n) is 4.01. The number of carbonyl (C=O) groups is 1. The first-order valence-corrected chi connectivity index (χ1v) is 9.90. The standard InChI is InChI=1S/C23H26N4O2/c1-15-11-18(17-7-5-8-19(12-17)29-4)13-21(25-15)22-9-6-10-27(22)23(28)20-14-24-26(3)16(20)2/h5,7-8,11-14,22H,6,9-10H2,1-4H3/t22-/m1/s1. The lowest BCUT2D eigenvalue weighted by atomic mass is 10.0. The first-order chi connectivity index (χ1) is 14.0. The van der Waals surface area contributed by atoms with Gasteiger partial charge in [-0.05, 0) is 62.1 Å². The summed E-state index contributed by atoms with van der Waals surface area (Å²) in [7, 11) is 3.53. The van der Waals surface area contributed by atoms with Crippen LogP contribution in [0, 0.1) is 13.8 Å². The van der Waals surface area contributed by atoms with E-state index in [1.54, 1.807) is 18.0 Å². The summed E-state index contributed by atoms with van der Waals surface area (Å²) >= 11 is 0. The summed E-state index contributed by atoms with van der Waals surface area (Å²) < 4.78 is 7.11. The molecule has 1 aliphatic heterocycles. The van der Waals surface area contributed by atoms with Gasteiger partial charge in [0, 0.05) is 25.0 Å². The molecule has 0 spiro atoms. The summed E-state index contributed by atoms with van der Waals surface area (Å²) in [5, 5.41) is 4.23. The first kappa shape index (κ1) is 19.2. The Labute approximate surface area is 171 Å². The van der Waals surface area contributed by atoms with Crippen LogP contribution in [-0.2, 0) is 7.05 Å². The SMILES string of the molecule is COc1cccc(-c2cc(C)nc([C@H]3CCCN3C(=O)c3cnn(C)c3C)c2)c1. The van der Waals surface area contributed by atoms with Crippen molar-refractivity contribution >= 4 is 5.91 Å². The van der Waals surface area contributed by atoms with Crippen molar-refractivity contribution in [1.29, 1.82) is 0 Å². The Hall–Kier alpha value is -3.15. The maximum atomic E-state index is 13.2. The highest BCUT2D eigenvalue weighted by Gasteiger charge is 2.33. The number of methoxy groups -OCH3 is 1. The first-order valence-electron chi connectivity index (χ1n) is 9.90. The lowest BCUT2D eigenvalue weighted by molar-refractivity contribution is 0.0732. The van der Waals surface area contributed by atoms with Crippen molar-refractivity contribution in [2.45, 2.75) is 32.7 Å². The number of benzene rings is 1. The molecule has 3 heterocycles. The third kappa shape index (κ3) is 3.62. The number of pyridine rings is 1. The monoisotopic (exact) mass is 390 g/mol. The van der Waals surface area contributed by atoms with Crippen LogP contribution in [0.25, 0.3) is 11.1 Å². The van der Waals surface area contributed by atoms with Gasteiger partial charge in [0.2, 0.25) is 0 Å². The maximum Gasteiger partial charge on any atom is 0.257 e. The van der Waals surface area contributed by atoms with Gasteiger partial charge in [-0.25, -0.2) is 0 Å². The van der Waals surface area contributed by atoms with Crippen LogP contribution in [0.3, 0.4) is 0 Å². The van der Waals surface area contributed by atoms with E-state index in [0.29, 0.717) is 5.56 Å². The molecule has 29 heavy (non-hydrogen) atoms. The van der Waals surface area contributed by atoms with Gasteiger partial charge in [-0.2, -0.15) is 5.10 Å². The van der Waals surface area contributed by atoms with E-state index in [1.807, 2.05) is 44.0 Å². The number of likely N-dealkylation sites (tertiary alicyclic amines) is 1. The summed E-state index contributed by atoms with van der Waals surface area (Å²) in [6.07, 6.45) is 3.55. The summed E-state index contributed by atoms with van der Waals surface area (Å²) in [6, 6.07) is 12.2. The molecule has 1 aromatic carbocycles. The minimum Gasteiger partial charge on any atom is -0.497 e. The van der Waals surface area contributed by atoms with E-state index in [2.05, 4.69) is 23.3 Å². The summed E-state index contributed by atoms with van der Waals surface area (Å²) in [5.41, 5.74) is 5.60. The second-order valence-electron chi connectivity index (χ2n) is 7.58. The largest absolute Gasteiger partial charge is 0.497 e. The van der Waals surface area contributed by atoms with Gasteiger partial charge in [0.1, 0.15) is 5.75 Å². The molecule has 0 radical (unpaired) electrons. The number of aromatic nitrogens is 3. The quantitative estimate of drug-likeness (QED) is 0.673. The zero-order chi connectivity index (χ0) is 20.5. The number of nitrogens with zero attached hydrogens (tertiary/aromatic N) is 4. The molecule has 0 aliphatic carbocycles. The number of hydrogen-bond donors (Lipinski definition) is 0. The Morgan fingerprint density at radius 1 is 1.17 bits per heavy atom. The average Bonchev–Trinajstić information content (AvgIpc) is 3.35. The Morgan fingerprint density at radius 3 is 2.72 bits per heavy atom. The van der Waals surface area contributed by atoms with Crippen LogP contribution in [0.5, 0.6) is 5.75 Å². The van der Waals surface area contributed by atoms with Gasteiger partial charge < -0.3 is 9.64 Å². The van der Waals surface area contributed by atoms with Crippen LogP contribution in [0.1, 0.15) is 46.3 Å². The highest BCUT2D eigenvalue weighted by molar-refractivity contribution is 5.95. The molecular formula is C23H26N4O2. The molecule has 150 valence electrons. The number of rotatable bonds is 4. The van der Waals surface area contributed by atoms with E-state index in [-0.39, 0.29) is 11.9 Å². The third-order valence-corrected chi connectivity index (χ3v) is 5.70. The van der Waals surface area contributed by atoms with Crippen LogP contribution in [0.2, 0.25) is 0 Å². The second-order valence-corrected chi connectivity index (χ2v) is 7.58. The Balaban J connectivity index is 1.69. The zero-order valence-corrected chi connectivity index (χ0v) is 17.3. The molecule has 2 aromatic heterocycles. The van der Waals surface area contributed by atoms with E-state index >= 15 is 0 Å². The van der Waals surface area contributed by atoms with Crippen LogP contribution in [-0.4, -0.2) is 39.2 Å². The molecule has 1 saturated heterocycles. The van der Waals surface area contributed by atoms with Crippen molar-refractivity contribution in [2.75, 3.05) is 13.7 Å². The zero-order valence-electron chi connectivity index (χ0n) is 17.3.